The fraction of sp³-hybridized carbons (Fsp3) is 0.0476. The van der Waals surface area contributed by atoms with Crippen LogP contribution in [0.4, 0.5) is 11.4 Å². The molecule has 0 spiro atoms. The second-order valence-electron chi connectivity index (χ2n) is 6.24. The number of hydrogen-bond acceptors (Lipinski definition) is 5. The largest absolute Gasteiger partial charge is 0.312 e. The summed E-state index contributed by atoms with van der Waals surface area (Å²) in [6, 6.07) is 17.9. The van der Waals surface area contributed by atoms with Crippen LogP contribution in [0.15, 0.2) is 83.4 Å². The summed E-state index contributed by atoms with van der Waals surface area (Å²) in [4.78, 5) is 20.2. The molecule has 2 heterocycles. The Morgan fingerprint density at radius 1 is 1.10 bits per heavy atom. The topological polar surface area (TPSA) is 73.3 Å². The van der Waals surface area contributed by atoms with Crippen LogP contribution in [0.25, 0.3) is 11.3 Å². The van der Waals surface area contributed by atoms with Crippen LogP contribution in [-0.4, -0.2) is 14.5 Å². The van der Waals surface area contributed by atoms with Gasteiger partial charge in [-0.05, 0) is 47.5 Å². The van der Waals surface area contributed by atoms with Gasteiger partial charge in [-0.1, -0.05) is 23.7 Å². The minimum absolute atomic E-state index is 0.0634. The van der Waals surface area contributed by atoms with E-state index < -0.39 is 4.92 Å². The molecule has 2 aromatic carbocycles. The molecule has 6 nitrogen and oxygen atoms in total. The van der Waals surface area contributed by atoms with E-state index >= 15 is 0 Å². The molecule has 0 bridgehead atoms. The Balaban J connectivity index is 1.81. The lowest BCUT2D eigenvalue weighted by molar-refractivity contribution is -0.384. The number of nitro benzene ring substituents is 1. The van der Waals surface area contributed by atoms with Gasteiger partial charge in [-0.25, -0.2) is 4.99 Å². The van der Waals surface area contributed by atoms with Gasteiger partial charge in [0.05, 0.1) is 29.0 Å². The van der Waals surface area contributed by atoms with E-state index in [9.17, 15) is 10.1 Å². The molecule has 0 unspecified atom stereocenters. The number of halogens is 1. The Kier molecular flexibility index (Phi) is 5.50. The summed E-state index contributed by atoms with van der Waals surface area (Å²) in [5, 5.41) is 13.6. The zero-order chi connectivity index (χ0) is 20.2. The van der Waals surface area contributed by atoms with Crippen molar-refractivity contribution in [2.75, 3.05) is 0 Å². The third kappa shape index (κ3) is 4.42. The Morgan fingerprint density at radius 2 is 1.86 bits per heavy atom. The molecule has 0 aliphatic heterocycles. The van der Waals surface area contributed by atoms with Crippen molar-refractivity contribution in [1.82, 2.24) is 9.55 Å². The number of benzene rings is 2. The molecular weight excluding hydrogens is 408 g/mol. The second kappa shape index (κ2) is 8.38. The SMILES string of the molecule is O=[N+]([O-])c1ccc(-c2csc(=Nc3cccnc3)n2Cc2ccc(Cl)cc2)cc1. The van der Waals surface area contributed by atoms with Crippen LogP contribution in [0.2, 0.25) is 5.02 Å². The van der Waals surface area contributed by atoms with Gasteiger partial charge in [0.1, 0.15) is 0 Å². The summed E-state index contributed by atoms with van der Waals surface area (Å²) >= 11 is 7.52. The summed E-state index contributed by atoms with van der Waals surface area (Å²) in [5.41, 5.74) is 3.71. The van der Waals surface area contributed by atoms with Crippen molar-refractivity contribution in [1.29, 1.82) is 0 Å². The van der Waals surface area contributed by atoms with Gasteiger partial charge in [0.2, 0.25) is 0 Å². The first-order chi connectivity index (χ1) is 14.1. The third-order valence-corrected chi connectivity index (χ3v) is 5.41. The summed E-state index contributed by atoms with van der Waals surface area (Å²) in [5.74, 6) is 0. The number of aromatic nitrogens is 2. The minimum Gasteiger partial charge on any atom is -0.312 e. The van der Waals surface area contributed by atoms with Gasteiger partial charge in [0, 0.05) is 28.7 Å². The van der Waals surface area contributed by atoms with Crippen LogP contribution >= 0.6 is 22.9 Å². The van der Waals surface area contributed by atoms with Gasteiger partial charge in [-0.2, -0.15) is 0 Å². The Labute approximate surface area is 175 Å². The van der Waals surface area contributed by atoms with Crippen molar-refractivity contribution in [3.63, 3.8) is 0 Å². The van der Waals surface area contributed by atoms with E-state index in [1.165, 1.54) is 23.5 Å². The van der Waals surface area contributed by atoms with Gasteiger partial charge in [-0.3, -0.25) is 15.1 Å². The molecule has 0 N–H and O–H groups in total. The number of rotatable bonds is 5. The molecule has 4 rings (SSSR count). The molecule has 8 heteroatoms. The first kappa shape index (κ1) is 19.0. The molecule has 0 atom stereocenters. The average Bonchev–Trinajstić information content (AvgIpc) is 3.12. The van der Waals surface area contributed by atoms with Crippen LogP contribution in [0.5, 0.6) is 0 Å². The van der Waals surface area contributed by atoms with E-state index in [0.29, 0.717) is 11.6 Å². The normalized spacial score (nSPS) is 11.6. The van der Waals surface area contributed by atoms with Gasteiger partial charge in [0.15, 0.2) is 4.80 Å². The first-order valence-electron chi connectivity index (χ1n) is 8.72. The van der Waals surface area contributed by atoms with Crippen LogP contribution < -0.4 is 4.80 Å². The van der Waals surface area contributed by atoms with E-state index in [1.54, 1.807) is 24.5 Å². The summed E-state index contributed by atoms with van der Waals surface area (Å²) in [6.07, 6.45) is 3.41. The van der Waals surface area contributed by atoms with Crippen LogP contribution in [0.1, 0.15) is 5.56 Å². The Morgan fingerprint density at radius 3 is 2.52 bits per heavy atom. The number of non-ortho nitro benzene ring substituents is 1. The highest BCUT2D eigenvalue weighted by atomic mass is 35.5. The van der Waals surface area contributed by atoms with Crippen molar-refractivity contribution in [2.24, 2.45) is 4.99 Å². The van der Waals surface area contributed by atoms with Crippen molar-refractivity contribution >= 4 is 34.3 Å². The maximum Gasteiger partial charge on any atom is 0.269 e. The molecule has 0 amide bonds. The maximum atomic E-state index is 11.0. The molecule has 0 aliphatic rings. The number of thiazole rings is 1. The maximum absolute atomic E-state index is 11.0. The monoisotopic (exact) mass is 422 g/mol. The molecule has 4 aromatic rings. The van der Waals surface area contributed by atoms with Crippen molar-refractivity contribution in [3.05, 3.63) is 104 Å². The lowest BCUT2D eigenvalue weighted by atomic mass is 10.1. The minimum atomic E-state index is -0.400. The lowest BCUT2D eigenvalue weighted by Gasteiger charge is -2.10. The van der Waals surface area contributed by atoms with Gasteiger partial charge in [-0.15, -0.1) is 11.3 Å². The lowest BCUT2D eigenvalue weighted by Crippen LogP contribution is -2.16. The number of pyridine rings is 1. The van der Waals surface area contributed by atoms with Crippen molar-refractivity contribution in [3.8, 4) is 11.3 Å². The zero-order valence-corrected chi connectivity index (χ0v) is 16.7. The second-order valence-corrected chi connectivity index (χ2v) is 7.52. The third-order valence-electron chi connectivity index (χ3n) is 4.30. The van der Waals surface area contributed by atoms with E-state index in [1.807, 2.05) is 41.8 Å². The molecule has 0 radical (unpaired) electrons. The highest BCUT2D eigenvalue weighted by Crippen LogP contribution is 2.24. The van der Waals surface area contributed by atoms with Gasteiger partial charge in [0.25, 0.3) is 5.69 Å². The Hall–Kier alpha value is -3.29. The van der Waals surface area contributed by atoms with Crippen molar-refractivity contribution < 1.29 is 4.92 Å². The van der Waals surface area contributed by atoms with E-state index in [4.69, 9.17) is 16.6 Å². The number of nitrogens with zero attached hydrogens (tertiary/aromatic N) is 4. The molecule has 2 aromatic heterocycles. The van der Waals surface area contributed by atoms with Crippen LogP contribution in [0.3, 0.4) is 0 Å². The summed E-state index contributed by atoms with van der Waals surface area (Å²) < 4.78 is 2.09. The number of nitro groups is 1. The highest BCUT2D eigenvalue weighted by Gasteiger charge is 2.11. The number of hydrogen-bond donors (Lipinski definition) is 0. The van der Waals surface area contributed by atoms with E-state index in [2.05, 4.69) is 9.55 Å². The summed E-state index contributed by atoms with van der Waals surface area (Å²) in [6.45, 7) is 0.589. The van der Waals surface area contributed by atoms with Gasteiger partial charge < -0.3 is 4.57 Å². The van der Waals surface area contributed by atoms with Crippen molar-refractivity contribution in [2.45, 2.75) is 6.54 Å². The highest BCUT2D eigenvalue weighted by molar-refractivity contribution is 7.07. The Bertz CT molecular complexity index is 1200. The fourth-order valence-electron chi connectivity index (χ4n) is 2.86. The summed E-state index contributed by atoms with van der Waals surface area (Å²) in [7, 11) is 0. The molecule has 0 aliphatic carbocycles. The van der Waals surface area contributed by atoms with Crippen LogP contribution in [-0.2, 0) is 6.54 Å². The van der Waals surface area contributed by atoms with E-state index in [0.717, 1.165) is 27.3 Å². The average molecular weight is 423 g/mol. The molecule has 144 valence electrons. The quantitative estimate of drug-likeness (QED) is 0.317. The zero-order valence-electron chi connectivity index (χ0n) is 15.1. The molecule has 0 fully saturated rings. The first-order valence-corrected chi connectivity index (χ1v) is 9.98. The predicted octanol–water partition coefficient (Wildman–Crippen LogP) is 5.45. The van der Waals surface area contributed by atoms with E-state index in [-0.39, 0.29) is 5.69 Å². The van der Waals surface area contributed by atoms with Gasteiger partial charge >= 0.3 is 0 Å². The molecular formula is C21H15ClN4O2S. The standard InChI is InChI=1S/C21H15ClN4O2S/c22-17-7-3-15(4-8-17)13-25-20(16-5-9-19(10-6-16)26(27)28)14-29-21(25)24-18-2-1-11-23-12-18/h1-12,14H,13H2. The fourth-order valence-corrected chi connectivity index (χ4v) is 3.91. The molecule has 0 saturated heterocycles. The molecule has 0 saturated carbocycles. The predicted molar refractivity (Wildman–Crippen MR) is 114 cm³/mol. The smallest absolute Gasteiger partial charge is 0.269 e. The van der Waals surface area contributed by atoms with Crippen LogP contribution in [0, 0.1) is 10.1 Å². The molecule has 29 heavy (non-hydrogen) atoms.